The number of amides is 3. The van der Waals surface area contributed by atoms with E-state index in [4.69, 9.17) is 5.73 Å². The van der Waals surface area contributed by atoms with Gasteiger partial charge in [0.2, 0.25) is 17.7 Å². The first-order chi connectivity index (χ1) is 16.9. The van der Waals surface area contributed by atoms with Gasteiger partial charge >= 0.3 is 0 Å². The van der Waals surface area contributed by atoms with Crippen LogP contribution in [0.3, 0.4) is 0 Å². The van der Waals surface area contributed by atoms with Crippen LogP contribution in [0.2, 0.25) is 0 Å². The molecule has 2 atom stereocenters. The lowest BCUT2D eigenvalue weighted by atomic mass is 10.1. The maximum atomic E-state index is 12.9. The summed E-state index contributed by atoms with van der Waals surface area (Å²) in [7, 11) is 0. The zero-order valence-corrected chi connectivity index (χ0v) is 20.0. The molecule has 184 valence electrons. The molecule has 4 rings (SSSR count). The van der Waals surface area contributed by atoms with Gasteiger partial charge in [0.15, 0.2) is 0 Å². The number of carbonyl (C=O) groups excluding carboxylic acids is 3. The molecule has 3 heterocycles. The monoisotopic (exact) mass is 476 g/mol. The van der Waals surface area contributed by atoms with Gasteiger partial charge in [0.05, 0.1) is 17.8 Å². The Hall–Kier alpha value is -3.72. The molecule has 1 aliphatic heterocycles. The number of aryl methyl sites for hydroxylation is 1. The summed E-state index contributed by atoms with van der Waals surface area (Å²) in [6, 6.07) is 12.1. The smallest absolute Gasteiger partial charge is 0.244 e. The minimum atomic E-state index is -0.727. The third-order valence-electron chi connectivity index (χ3n) is 6.45. The quantitative estimate of drug-likeness (QED) is 0.507. The Balaban J connectivity index is 1.21. The van der Waals surface area contributed by atoms with E-state index in [1.54, 1.807) is 29.1 Å². The molecule has 2 aromatic heterocycles. The molecule has 0 aliphatic carbocycles. The van der Waals surface area contributed by atoms with Gasteiger partial charge in [0.1, 0.15) is 6.04 Å². The summed E-state index contributed by atoms with van der Waals surface area (Å²) in [6.07, 6.45) is 6.32. The number of nitrogens with one attached hydrogen (secondary N) is 1. The average Bonchev–Trinajstić information content (AvgIpc) is 3.30. The van der Waals surface area contributed by atoms with Crippen LogP contribution in [0, 0.1) is 0 Å². The minimum Gasteiger partial charge on any atom is -0.346 e. The third kappa shape index (κ3) is 6.05. The summed E-state index contributed by atoms with van der Waals surface area (Å²) in [4.78, 5) is 45.7. The molecule has 0 unspecified atom stereocenters. The highest BCUT2D eigenvalue weighted by molar-refractivity contribution is 5.89. The molecule has 1 saturated heterocycles. The largest absolute Gasteiger partial charge is 0.346 e. The fourth-order valence-electron chi connectivity index (χ4n) is 4.39. The van der Waals surface area contributed by atoms with E-state index in [2.05, 4.69) is 10.3 Å². The Morgan fingerprint density at radius 2 is 1.74 bits per heavy atom. The van der Waals surface area contributed by atoms with Crippen LogP contribution in [0.5, 0.6) is 0 Å². The lowest BCUT2D eigenvalue weighted by molar-refractivity contribution is -0.141. The lowest BCUT2D eigenvalue weighted by Crippen LogP contribution is -2.56. The fraction of sp³-hybridized carbons (Fsp3) is 0.385. The second-order valence-corrected chi connectivity index (χ2v) is 8.93. The Labute approximate surface area is 204 Å². The number of pyridine rings is 1. The van der Waals surface area contributed by atoms with Gasteiger partial charge in [-0.2, -0.15) is 0 Å². The molecule has 0 radical (unpaired) electrons. The number of nitrogens with zero attached hydrogens (tertiary/aromatic N) is 4. The first-order valence-corrected chi connectivity index (χ1v) is 12.0. The number of hydrogen-bond acceptors (Lipinski definition) is 5. The predicted molar refractivity (Wildman–Crippen MR) is 133 cm³/mol. The zero-order chi connectivity index (χ0) is 24.8. The van der Waals surface area contributed by atoms with Crippen LogP contribution in [-0.4, -0.2) is 75.3 Å². The summed E-state index contributed by atoms with van der Waals surface area (Å²) in [5.41, 5.74) is 8.01. The Kier molecular flexibility index (Phi) is 7.77. The molecule has 9 nitrogen and oxygen atoms in total. The summed E-state index contributed by atoms with van der Waals surface area (Å²) in [5.74, 6) is -0.448. The summed E-state index contributed by atoms with van der Waals surface area (Å²) < 4.78 is 2.03. The van der Waals surface area contributed by atoms with E-state index < -0.39 is 12.1 Å². The topological polar surface area (TPSA) is 114 Å². The van der Waals surface area contributed by atoms with Crippen molar-refractivity contribution >= 4 is 28.6 Å². The maximum Gasteiger partial charge on any atom is 0.244 e. The van der Waals surface area contributed by atoms with Crippen molar-refractivity contribution in [3.8, 4) is 0 Å². The van der Waals surface area contributed by atoms with Crippen molar-refractivity contribution in [1.29, 1.82) is 0 Å². The Morgan fingerprint density at radius 1 is 1.03 bits per heavy atom. The van der Waals surface area contributed by atoms with Crippen LogP contribution in [-0.2, 0) is 27.3 Å². The van der Waals surface area contributed by atoms with Gasteiger partial charge < -0.3 is 25.4 Å². The highest BCUT2D eigenvalue weighted by Gasteiger charge is 2.28. The van der Waals surface area contributed by atoms with Crippen molar-refractivity contribution in [2.75, 3.05) is 26.2 Å². The van der Waals surface area contributed by atoms with Gasteiger partial charge in [-0.15, -0.1) is 0 Å². The van der Waals surface area contributed by atoms with Crippen LogP contribution >= 0.6 is 0 Å². The van der Waals surface area contributed by atoms with Gasteiger partial charge in [-0.1, -0.05) is 30.3 Å². The second kappa shape index (κ2) is 11.1. The van der Waals surface area contributed by atoms with Crippen molar-refractivity contribution in [1.82, 2.24) is 24.7 Å². The van der Waals surface area contributed by atoms with Crippen LogP contribution < -0.4 is 11.1 Å². The fourth-order valence-corrected chi connectivity index (χ4v) is 4.39. The standard InChI is InChI=1S/C26H32N6O3/c1-19(29-25(34)22(27)17-20-5-3-2-4-6-20)26(35)32-15-13-31(14-16-32)24(33)9-12-30-11-8-21-7-10-28-18-23(21)30/h2-8,10-11,18-19,22H,9,12-17,27H2,1H3,(H,29,34)/t19-,22+/m1/s1. The molecule has 9 heteroatoms. The van der Waals surface area contributed by atoms with Crippen LogP contribution in [0.15, 0.2) is 61.1 Å². The predicted octanol–water partition coefficient (Wildman–Crippen LogP) is 1.17. The molecule has 1 aromatic carbocycles. The van der Waals surface area contributed by atoms with Gasteiger partial charge in [-0.3, -0.25) is 19.4 Å². The normalized spacial score (nSPS) is 15.6. The number of carbonyl (C=O) groups is 3. The van der Waals surface area contributed by atoms with Gasteiger partial charge in [-0.05, 0) is 31.0 Å². The minimum absolute atomic E-state index is 0.0658. The van der Waals surface area contributed by atoms with E-state index in [9.17, 15) is 14.4 Å². The number of hydrogen-bond donors (Lipinski definition) is 2. The number of nitrogens with two attached hydrogens (primary N) is 1. The molecule has 1 fully saturated rings. The molecule has 3 amide bonds. The van der Waals surface area contributed by atoms with E-state index in [1.165, 1.54) is 0 Å². The maximum absolute atomic E-state index is 12.9. The van der Waals surface area contributed by atoms with Crippen molar-refractivity contribution in [2.45, 2.75) is 38.4 Å². The summed E-state index contributed by atoms with van der Waals surface area (Å²) >= 11 is 0. The first kappa shape index (κ1) is 24.4. The van der Waals surface area contributed by atoms with Crippen molar-refractivity contribution in [2.24, 2.45) is 5.73 Å². The van der Waals surface area contributed by atoms with Gasteiger partial charge in [-0.25, -0.2) is 0 Å². The highest BCUT2D eigenvalue weighted by Crippen LogP contribution is 2.15. The number of aromatic nitrogens is 2. The van der Waals surface area contributed by atoms with Crippen LogP contribution in [0.1, 0.15) is 18.9 Å². The third-order valence-corrected chi connectivity index (χ3v) is 6.45. The number of benzene rings is 1. The lowest BCUT2D eigenvalue weighted by Gasteiger charge is -2.36. The number of piperazine rings is 1. The molecule has 3 N–H and O–H groups in total. The van der Waals surface area contributed by atoms with Gasteiger partial charge in [0, 0.05) is 56.9 Å². The molecule has 35 heavy (non-hydrogen) atoms. The van der Waals surface area contributed by atoms with Crippen molar-refractivity contribution < 1.29 is 14.4 Å². The molecule has 0 saturated carbocycles. The molecular formula is C26H32N6O3. The summed E-state index contributed by atoms with van der Waals surface area (Å²) in [6.45, 7) is 4.09. The highest BCUT2D eigenvalue weighted by atomic mass is 16.2. The molecule has 1 aliphatic rings. The molecule has 3 aromatic rings. The van der Waals surface area contributed by atoms with Crippen LogP contribution in [0.25, 0.3) is 10.9 Å². The Bertz CT molecular complexity index is 1170. The SMILES string of the molecule is C[C@@H](NC(=O)[C@@H](N)Cc1ccccc1)C(=O)N1CCN(C(=O)CCn2ccc3ccncc32)CC1. The van der Waals surface area contributed by atoms with Crippen molar-refractivity contribution in [3.63, 3.8) is 0 Å². The first-order valence-electron chi connectivity index (χ1n) is 12.0. The average molecular weight is 477 g/mol. The van der Waals surface area contributed by atoms with E-state index in [0.717, 1.165) is 16.5 Å². The van der Waals surface area contributed by atoms with Crippen molar-refractivity contribution in [3.05, 3.63) is 66.6 Å². The molecular weight excluding hydrogens is 444 g/mol. The number of fused-ring (bicyclic) bond motifs is 1. The van der Waals surface area contributed by atoms with Crippen LogP contribution in [0.4, 0.5) is 0 Å². The molecule has 0 spiro atoms. The van der Waals surface area contributed by atoms with E-state index >= 15 is 0 Å². The summed E-state index contributed by atoms with van der Waals surface area (Å²) in [5, 5.41) is 3.84. The van der Waals surface area contributed by atoms with E-state index in [1.807, 2.05) is 53.2 Å². The van der Waals surface area contributed by atoms with E-state index in [-0.39, 0.29) is 17.7 Å². The number of rotatable bonds is 8. The van der Waals surface area contributed by atoms with E-state index in [0.29, 0.717) is 45.6 Å². The van der Waals surface area contributed by atoms with Gasteiger partial charge in [0.25, 0.3) is 0 Å². The Morgan fingerprint density at radius 3 is 2.49 bits per heavy atom. The zero-order valence-electron chi connectivity index (χ0n) is 20.0. The molecule has 0 bridgehead atoms. The second-order valence-electron chi connectivity index (χ2n) is 8.93.